The SMILES string of the molecule is CC(C)(C)OOC1(S)CCC(S)(OOC(C)(C)C)CC1. The van der Waals surface area contributed by atoms with E-state index in [1.54, 1.807) is 0 Å². The first-order valence-electron chi connectivity index (χ1n) is 7.01. The number of rotatable bonds is 4. The highest BCUT2D eigenvalue weighted by Crippen LogP contribution is 2.44. The summed E-state index contributed by atoms with van der Waals surface area (Å²) >= 11 is 9.17. The Hall–Kier alpha value is 0.540. The third-order valence-corrected chi connectivity index (χ3v) is 3.75. The van der Waals surface area contributed by atoms with Gasteiger partial charge in [0.2, 0.25) is 0 Å². The van der Waals surface area contributed by atoms with Crippen molar-refractivity contribution < 1.29 is 19.6 Å². The fourth-order valence-electron chi connectivity index (χ4n) is 1.60. The molecule has 0 N–H and O–H groups in total. The van der Waals surface area contributed by atoms with Gasteiger partial charge in [0.15, 0.2) is 0 Å². The van der Waals surface area contributed by atoms with E-state index in [0.29, 0.717) is 25.7 Å². The van der Waals surface area contributed by atoms with Crippen molar-refractivity contribution >= 4 is 25.3 Å². The van der Waals surface area contributed by atoms with Crippen molar-refractivity contribution in [3.05, 3.63) is 0 Å². The van der Waals surface area contributed by atoms with Gasteiger partial charge in [0.05, 0.1) is 11.2 Å². The van der Waals surface area contributed by atoms with Crippen LogP contribution in [0.25, 0.3) is 0 Å². The average molecular weight is 325 g/mol. The minimum atomic E-state index is -0.593. The predicted molar refractivity (Wildman–Crippen MR) is 85.7 cm³/mol. The lowest BCUT2D eigenvalue weighted by Gasteiger charge is -2.41. The molecule has 1 fully saturated rings. The van der Waals surface area contributed by atoms with Crippen LogP contribution in [0.4, 0.5) is 0 Å². The van der Waals surface area contributed by atoms with Gasteiger partial charge < -0.3 is 0 Å². The fraction of sp³-hybridized carbons (Fsp3) is 1.00. The van der Waals surface area contributed by atoms with Crippen molar-refractivity contribution in [2.24, 2.45) is 0 Å². The molecular weight excluding hydrogens is 296 g/mol. The standard InChI is InChI=1S/C14H28O4S2/c1-11(2,3)15-17-13(19)7-9-14(20,10-8-13)18-16-12(4,5)6/h19-20H,7-10H2,1-6H3. The third kappa shape index (κ3) is 7.00. The highest BCUT2D eigenvalue weighted by atomic mass is 32.1. The molecule has 0 bridgehead atoms. The lowest BCUT2D eigenvalue weighted by molar-refractivity contribution is -0.406. The monoisotopic (exact) mass is 324 g/mol. The van der Waals surface area contributed by atoms with Crippen LogP contribution in [0.5, 0.6) is 0 Å². The molecule has 0 unspecified atom stereocenters. The van der Waals surface area contributed by atoms with Crippen molar-refractivity contribution in [2.75, 3.05) is 0 Å². The van der Waals surface area contributed by atoms with Gasteiger partial charge in [0.1, 0.15) is 9.87 Å². The molecule has 120 valence electrons. The maximum absolute atomic E-state index is 5.51. The van der Waals surface area contributed by atoms with E-state index >= 15 is 0 Å². The van der Waals surface area contributed by atoms with E-state index in [2.05, 4.69) is 25.3 Å². The van der Waals surface area contributed by atoms with Gasteiger partial charge in [-0.3, -0.25) is 0 Å². The molecule has 1 rings (SSSR count). The Morgan fingerprint density at radius 2 is 0.900 bits per heavy atom. The zero-order chi connectivity index (χ0) is 15.7. The van der Waals surface area contributed by atoms with Crippen LogP contribution in [0.2, 0.25) is 0 Å². The van der Waals surface area contributed by atoms with E-state index in [0.717, 1.165) is 0 Å². The van der Waals surface area contributed by atoms with Gasteiger partial charge in [-0.05, 0) is 67.2 Å². The zero-order valence-corrected chi connectivity index (χ0v) is 15.1. The highest BCUT2D eigenvalue weighted by Gasteiger charge is 2.43. The van der Waals surface area contributed by atoms with E-state index in [9.17, 15) is 0 Å². The van der Waals surface area contributed by atoms with E-state index in [-0.39, 0.29) is 11.2 Å². The van der Waals surface area contributed by atoms with Crippen molar-refractivity contribution in [2.45, 2.75) is 88.3 Å². The first-order chi connectivity index (χ1) is 8.83. The van der Waals surface area contributed by atoms with Crippen molar-refractivity contribution in [1.29, 1.82) is 0 Å². The summed E-state index contributed by atoms with van der Waals surface area (Å²) in [5.74, 6) is 0. The summed E-state index contributed by atoms with van der Waals surface area (Å²) in [4.78, 5) is 20.6. The van der Waals surface area contributed by atoms with E-state index in [1.165, 1.54) is 0 Å². The summed E-state index contributed by atoms with van der Waals surface area (Å²) in [5, 5.41) is 0. The molecule has 1 aliphatic carbocycles. The average Bonchev–Trinajstić information content (AvgIpc) is 2.28. The molecule has 1 saturated carbocycles. The lowest BCUT2D eigenvalue weighted by atomic mass is 9.94. The molecule has 0 aromatic carbocycles. The minimum absolute atomic E-state index is 0.350. The van der Waals surface area contributed by atoms with Crippen LogP contribution in [0, 0.1) is 0 Å². The quantitative estimate of drug-likeness (QED) is 0.350. The van der Waals surface area contributed by atoms with Crippen LogP contribution in [0.1, 0.15) is 67.2 Å². The first-order valence-corrected chi connectivity index (χ1v) is 7.91. The van der Waals surface area contributed by atoms with Crippen LogP contribution in [-0.4, -0.2) is 21.1 Å². The molecule has 0 radical (unpaired) electrons. The summed E-state index contributed by atoms with van der Waals surface area (Å²) in [5.41, 5.74) is -0.700. The van der Waals surface area contributed by atoms with E-state index < -0.39 is 9.87 Å². The highest BCUT2D eigenvalue weighted by molar-refractivity contribution is 7.82. The number of hydrogen-bond donors (Lipinski definition) is 2. The van der Waals surface area contributed by atoms with Crippen LogP contribution in [-0.2, 0) is 19.6 Å². The van der Waals surface area contributed by atoms with Crippen LogP contribution in [0.15, 0.2) is 0 Å². The normalized spacial score (nSPS) is 32.4. The van der Waals surface area contributed by atoms with Gasteiger partial charge in [-0.25, -0.2) is 19.6 Å². The molecule has 4 nitrogen and oxygen atoms in total. The molecule has 0 aromatic rings. The number of hydrogen-bond acceptors (Lipinski definition) is 6. The molecule has 0 heterocycles. The Morgan fingerprint density at radius 3 is 1.10 bits per heavy atom. The molecule has 0 aromatic heterocycles. The fourth-order valence-corrected chi connectivity index (χ4v) is 2.12. The summed E-state index contributed by atoms with van der Waals surface area (Å²) in [6.45, 7) is 11.6. The summed E-state index contributed by atoms with van der Waals surface area (Å²) in [7, 11) is 0. The van der Waals surface area contributed by atoms with Gasteiger partial charge in [0, 0.05) is 0 Å². The smallest absolute Gasteiger partial charge is 0.146 e. The molecule has 20 heavy (non-hydrogen) atoms. The second-order valence-corrected chi connectivity index (χ2v) is 9.08. The molecule has 0 spiro atoms. The third-order valence-electron chi connectivity index (χ3n) is 2.71. The molecule has 0 atom stereocenters. The Balaban J connectivity index is 2.45. The largest absolute Gasteiger partial charge is 0.230 e. The van der Waals surface area contributed by atoms with Crippen LogP contribution in [0.3, 0.4) is 0 Å². The maximum atomic E-state index is 5.51. The van der Waals surface area contributed by atoms with E-state index in [4.69, 9.17) is 19.6 Å². The molecule has 0 amide bonds. The second kappa shape index (κ2) is 6.34. The Kier molecular flexibility index (Phi) is 5.90. The first kappa shape index (κ1) is 18.6. The lowest BCUT2D eigenvalue weighted by Crippen LogP contribution is -2.42. The Labute approximate surface area is 133 Å². The van der Waals surface area contributed by atoms with Gasteiger partial charge >= 0.3 is 0 Å². The van der Waals surface area contributed by atoms with E-state index in [1.807, 2.05) is 41.5 Å². The van der Waals surface area contributed by atoms with Crippen molar-refractivity contribution in [3.63, 3.8) is 0 Å². The maximum Gasteiger partial charge on any atom is 0.146 e. The minimum Gasteiger partial charge on any atom is -0.230 e. The van der Waals surface area contributed by atoms with Gasteiger partial charge in [-0.2, -0.15) is 0 Å². The Morgan fingerprint density at radius 1 is 0.650 bits per heavy atom. The zero-order valence-electron chi connectivity index (χ0n) is 13.4. The molecule has 0 aliphatic heterocycles. The molecular formula is C14H28O4S2. The van der Waals surface area contributed by atoms with Crippen LogP contribution < -0.4 is 0 Å². The predicted octanol–water partition coefficient (Wildman–Crippen LogP) is 4.31. The summed E-state index contributed by atoms with van der Waals surface area (Å²) in [6, 6.07) is 0. The summed E-state index contributed by atoms with van der Waals surface area (Å²) in [6.07, 6.45) is 2.73. The topological polar surface area (TPSA) is 36.9 Å². The van der Waals surface area contributed by atoms with Gasteiger partial charge in [-0.15, -0.1) is 25.3 Å². The number of thiol groups is 2. The second-order valence-electron chi connectivity index (χ2n) is 7.45. The molecule has 0 saturated heterocycles. The van der Waals surface area contributed by atoms with Gasteiger partial charge in [0.25, 0.3) is 0 Å². The van der Waals surface area contributed by atoms with Gasteiger partial charge in [-0.1, -0.05) is 0 Å². The van der Waals surface area contributed by atoms with Crippen molar-refractivity contribution in [1.82, 2.24) is 0 Å². The van der Waals surface area contributed by atoms with Crippen molar-refractivity contribution in [3.8, 4) is 0 Å². The molecule has 1 aliphatic rings. The van der Waals surface area contributed by atoms with Crippen LogP contribution >= 0.6 is 25.3 Å². The summed E-state index contributed by atoms with van der Waals surface area (Å²) < 4.78 is 0. The Bertz CT molecular complexity index is 280. The molecule has 6 heteroatoms.